The molecule has 0 fully saturated rings. The van der Waals surface area contributed by atoms with Crippen molar-refractivity contribution in [3.8, 4) is 23.0 Å². The van der Waals surface area contributed by atoms with E-state index >= 15 is 0 Å². The Labute approximate surface area is 216 Å². The topological polar surface area (TPSA) is 121 Å². The molecule has 0 aromatic heterocycles. The van der Waals surface area contributed by atoms with Gasteiger partial charge in [0.2, 0.25) is 0 Å². The number of hydrogen-bond acceptors (Lipinski definition) is 9. The Balaban J connectivity index is 2.02. The molecule has 2 atom stereocenters. The van der Waals surface area contributed by atoms with Crippen LogP contribution in [0.2, 0.25) is 0 Å². The largest absolute Gasteiger partial charge is 0.490 e. The summed E-state index contributed by atoms with van der Waals surface area (Å²) in [7, 11) is 0. The molecule has 0 aliphatic carbocycles. The molecule has 2 N–H and O–H groups in total. The molecular weight excluding hydrogens is 480 g/mol. The van der Waals surface area contributed by atoms with Crippen molar-refractivity contribution < 1.29 is 43.5 Å². The second-order valence-electron chi connectivity index (χ2n) is 8.32. The molecule has 2 aromatic carbocycles. The van der Waals surface area contributed by atoms with Crippen molar-refractivity contribution in [1.82, 2.24) is 0 Å². The average molecular weight is 515 g/mol. The van der Waals surface area contributed by atoms with Crippen molar-refractivity contribution in [2.24, 2.45) is 0 Å². The van der Waals surface area contributed by atoms with Crippen LogP contribution in [0, 0.1) is 27.7 Å². The Morgan fingerprint density at radius 2 is 1.00 bits per heavy atom. The third kappa shape index (κ3) is 8.66. The summed E-state index contributed by atoms with van der Waals surface area (Å²) in [5, 5.41) is 19.9. The van der Waals surface area contributed by atoms with Crippen LogP contribution >= 0.6 is 0 Å². The lowest BCUT2D eigenvalue weighted by Crippen LogP contribution is -2.25. The van der Waals surface area contributed by atoms with Gasteiger partial charge in [-0.2, -0.15) is 0 Å². The van der Waals surface area contributed by atoms with Crippen LogP contribution in [0.5, 0.6) is 23.0 Å². The number of ether oxygens (including phenoxy) is 5. The van der Waals surface area contributed by atoms with Crippen LogP contribution in [0.15, 0.2) is 49.6 Å². The second kappa shape index (κ2) is 14.1. The number of rotatable bonds is 14. The van der Waals surface area contributed by atoms with E-state index in [1.807, 2.05) is 27.7 Å². The van der Waals surface area contributed by atoms with E-state index in [-0.39, 0.29) is 26.4 Å². The molecule has 0 spiro atoms. The van der Waals surface area contributed by atoms with Gasteiger partial charge in [-0.1, -0.05) is 13.2 Å². The quantitative estimate of drug-likeness (QED) is 0.287. The molecule has 0 aliphatic rings. The number of carbonyl (C=O) groups is 2. The average Bonchev–Trinajstić information content (AvgIpc) is 2.89. The Kier molecular flexibility index (Phi) is 11.2. The Hall–Kier alpha value is -3.82. The van der Waals surface area contributed by atoms with Gasteiger partial charge in [-0.3, -0.25) is 0 Å². The number of hydrogen-bond donors (Lipinski definition) is 2. The van der Waals surface area contributed by atoms with E-state index in [0.717, 1.165) is 34.4 Å². The normalized spacial score (nSPS) is 12.2. The number of benzene rings is 2. The first kappa shape index (κ1) is 29.4. The smallest absolute Gasteiger partial charge is 0.330 e. The van der Waals surface area contributed by atoms with Crippen LogP contribution in [0.1, 0.15) is 22.3 Å². The summed E-state index contributed by atoms with van der Waals surface area (Å²) in [6.45, 7) is 13.7. The minimum absolute atomic E-state index is 0.0456. The minimum atomic E-state index is -0.978. The van der Waals surface area contributed by atoms with Gasteiger partial charge in [-0.25, -0.2) is 9.59 Å². The summed E-state index contributed by atoms with van der Waals surface area (Å²) in [5.41, 5.74) is 3.40. The maximum Gasteiger partial charge on any atom is 0.330 e. The Bertz CT molecular complexity index is 1040. The maximum atomic E-state index is 11.1. The SMILES string of the molecule is C=CC(=O)OCC(O)COc1ccc(Oc2ccc(OCC(O)COC(=O)C=C)c(C)c2C)c(C)c1C. The molecule has 2 unspecified atom stereocenters. The molecule has 200 valence electrons. The van der Waals surface area contributed by atoms with Crippen LogP contribution in [0.3, 0.4) is 0 Å². The summed E-state index contributed by atoms with van der Waals surface area (Å²) in [4.78, 5) is 22.2. The molecule has 9 heteroatoms. The summed E-state index contributed by atoms with van der Waals surface area (Å²) >= 11 is 0. The molecule has 9 nitrogen and oxygen atoms in total. The second-order valence-corrected chi connectivity index (χ2v) is 8.32. The molecule has 2 aromatic rings. The molecule has 0 aliphatic heterocycles. The van der Waals surface area contributed by atoms with Crippen LogP contribution in [-0.4, -0.2) is 60.8 Å². The first-order chi connectivity index (χ1) is 17.6. The first-order valence-corrected chi connectivity index (χ1v) is 11.7. The molecule has 0 radical (unpaired) electrons. The van der Waals surface area contributed by atoms with Crippen LogP contribution in [0.4, 0.5) is 0 Å². The van der Waals surface area contributed by atoms with Gasteiger partial charge in [0.15, 0.2) is 0 Å². The third-order valence-corrected chi connectivity index (χ3v) is 5.63. The zero-order chi connectivity index (χ0) is 27.5. The fourth-order valence-corrected chi connectivity index (χ4v) is 3.14. The molecule has 0 saturated heterocycles. The highest BCUT2D eigenvalue weighted by atomic mass is 16.6. The molecule has 0 saturated carbocycles. The molecule has 37 heavy (non-hydrogen) atoms. The zero-order valence-corrected chi connectivity index (χ0v) is 21.6. The Morgan fingerprint density at radius 3 is 1.35 bits per heavy atom. The van der Waals surface area contributed by atoms with E-state index in [1.54, 1.807) is 24.3 Å². The number of aliphatic hydroxyl groups is 2. The van der Waals surface area contributed by atoms with Crippen molar-refractivity contribution in [2.75, 3.05) is 26.4 Å². The van der Waals surface area contributed by atoms with Crippen LogP contribution < -0.4 is 14.2 Å². The monoisotopic (exact) mass is 514 g/mol. The Morgan fingerprint density at radius 1 is 0.676 bits per heavy atom. The fraction of sp³-hybridized carbons (Fsp3) is 0.357. The lowest BCUT2D eigenvalue weighted by Gasteiger charge is -2.19. The highest BCUT2D eigenvalue weighted by Gasteiger charge is 2.16. The van der Waals surface area contributed by atoms with Gasteiger partial charge in [0.25, 0.3) is 0 Å². The molecule has 2 rings (SSSR count). The predicted octanol–water partition coefficient (Wildman–Crippen LogP) is 3.65. The number of carbonyl (C=O) groups excluding carboxylic acids is 2. The van der Waals surface area contributed by atoms with E-state index in [9.17, 15) is 19.8 Å². The van der Waals surface area contributed by atoms with E-state index in [2.05, 4.69) is 13.2 Å². The van der Waals surface area contributed by atoms with Crippen molar-refractivity contribution in [1.29, 1.82) is 0 Å². The minimum Gasteiger partial charge on any atom is -0.490 e. The lowest BCUT2D eigenvalue weighted by atomic mass is 10.1. The van der Waals surface area contributed by atoms with Gasteiger partial charge >= 0.3 is 11.9 Å². The van der Waals surface area contributed by atoms with Crippen molar-refractivity contribution in [3.63, 3.8) is 0 Å². The van der Waals surface area contributed by atoms with Crippen molar-refractivity contribution in [3.05, 3.63) is 71.8 Å². The van der Waals surface area contributed by atoms with Gasteiger partial charge in [-0.05, 0) is 74.2 Å². The number of esters is 2. The van der Waals surface area contributed by atoms with E-state index in [0.29, 0.717) is 23.0 Å². The van der Waals surface area contributed by atoms with Gasteiger partial charge in [-0.15, -0.1) is 0 Å². The highest BCUT2D eigenvalue weighted by molar-refractivity contribution is 5.81. The standard InChI is InChI=1S/C28H34O9/c1-7-27(31)35-15-21(29)13-33-23-9-11-25(19(5)17(23)3)37-26-12-10-24(18(4)20(26)6)34-14-22(30)16-36-28(32)8-2/h7-12,21-22,29-30H,1-2,13-16H2,3-6H3. The molecular formula is C28H34O9. The highest BCUT2D eigenvalue weighted by Crippen LogP contribution is 2.36. The molecule has 0 amide bonds. The maximum absolute atomic E-state index is 11.1. The summed E-state index contributed by atoms with van der Waals surface area (Å²) in [5.74, 6) is 1.21. The van der Waals surface area contributed by atoms with Gasteiger partial charge in [0, 0.05) is 12.2 Å². The number of aliphatic hydroxyl groups excluding tert-OH is 2. The lowest BCUT2D eigenvalue weighted by molar-refractivity contribution is -0.142. The summed E-state index contributed by atoms with van der Waals surface area (Å²) < 4.78 is 27.2. The van der Waals surface area contributed by atoms with E-state index < -0.39 is 24.1 Å². The summed E-state index contributed by atoms with van der Waals surface area (Å²) in [6.07, 6.45) is 0.101. The molecule has 0 heterocycles. The third-order valence-electron chi connectivity index (χ3n) is 5.63. The van der Waals surface area contributed by atoms with Gasteiger partial charge in [0.1, 0.15) is 61.6 Å². The van der Waals surface area contributed by atoms with Crippen molar-refractivity contribution >= 4 is 11.9 Å². The zero-order valence-electron chi connectivity index (χ0n) is 21.6. The van der Waals surface area contributed by atoms with Crippen LogP contribution in [0.25, 0.3) is 0 Å². The van der Waals surface area contributed by atoms with Gasteiger partial charge < -0.3 is 33.9 Å². The fourth-order valence-electron chi connectivity index (χ4n) is 3.14. The van der Waals surface area contributed by atoms with E-state index in [4.69, 9.17) is 23.7 Å². The first-order valence-electron chi connectivity index (χ1n) is 11.7. The predicted molar refractivity (Wildman–Crippen MR) is 137 cm³/mol. The van der Waals surface area contributed by atoms with E-state index in [1.165, 1.54) is 0 Å². The van der Waals surface area contributed by atoms with Crippen LogP contribution in [-0.2, 0) is 19.1 Å². The van der Waals surface area contributed by atoms with Crippen molar-refractivity contribution in [2.45, 2.75) is 39.9 Å². The summed E-state index contributed by atoms with van der Waals surface area (Å²) in [6, 6.07) is 7.06. The molecule has 0 bridgehead atoms. The van der Waals surface area contributed by atoms with Gasteiger partial charge in [0.05, 0.1) is 0 Å².